The van der Waals surface area contributed by atoms with Gasteiger partial charge in [0.1, 0.15) is 5.76 Å². The third-order valence-electron chi connectivity index (χ3n) is 4.45. The van der Waals surface area contributed by atoms with Crippen molar-refractivity contribution in [1.29, 1.82) is 0 Å². The standard InChI is InChI=1S/C16H16N6O3/c1-11-10-14(19-25-11)17-15-16(8-2-3-9-16)20-21(18-15)12-4-6-13(7-5-12)22(23)24/h4-7,10H,2-3,8-9H2,1H3. The molecule has 4 rings (SSSR count). The van der Waals surface area contributed by atoms with Gasteiger partial charge in [-0.1, -0.05) is 18.0 Å². The maximum Gasteiger partial charge on any atom is 0.269 e. The van der Waals surface area contributed by atoms with Crippen LogP contribution in [0.2, 0.25) is 0 Å². The fourth-order valence-corrected chi connectivity index (χ4v) is 3.18. The third-order valence-corrected chi connectivity index (χ3v) is 4.45. The molecule has 1 saturated carbocycles. The van der Waals surface area contributed by atoms with Crippen LogP contribution in [0.4, 0.5) is 17.2 Å². The summed E-state index contributed by atoms with van der Waals surface area (Å²) in [5.41, 5.74) is 5.00. The zero-order valence-corrected chi connectivity index (χ0v) is 13.6. The predicted molar refractivity (Wildman–Crippen MR) is 88.3 cm³/mol. The SMILES string of the molecule is Cc1cc(N=C2N=[N+](c3ccc([N+](=O)[O-])cc3)[N-]C23CCCC3)no1. The van der Waals surface area contributed by atoms with Crippen LogP contribution in [0.1, 0.15) is 31.4 Å². The Morgan fingerprint density at radius 1 is 1.32 bits per heavy atom. The lowest BCUT2D eigenvalue weighted by molar-refractivity contribution is -0.451. The molecule has 0 amide bonds. The molecule has 1 aliphatic carbocycles. The first-order valence-corrected chi connectivity index (χ1v) is 8.07. The van der Waals surface area contributed by atoms with Crippen molar-refractivity contribution in [3.63, 3.8) is 0 Å². The molecule has 2 aliphatic rings. The molecular formula is C16H16N6O3. The zero-order valence-electron chi connectivity index (χ0n) is 13.6. The summed E-state index contributed by atoms with van der Waals surface area (Å²) in [7, 11) is 0. The predicted octanol–water partition coefficient (Wildman–Crippen LogP) is 4.33. The van der Waals surface area contributed by atoms with Gasteiger partial charge < -0.3 is 4.52 Å². The van der Waals surface area contributed by atoms with E-state index in [1.54, 1.807) is 25.1 Å². The van der Waals surface area contributed by atoms with Crippen molar-refractivity contribution in [2.24, 2.45) is 10.1 Å². The van der Waals surface area contributed by atoms with E-state index in [-0.39, 0.29) is 5.69 Å². The zero-order chi connectivity index (χ0) is 17.4. The fourth-order valence-electron chi connectivity index (χ4n) is 3.18. The largest absolute Gasteiger partial charge is 0.359 e. The Labute approximate surface area is 143 Å². The van der Waals surface area contributed by atoms with Crippen molar-refractivity contribution in [3.05, 3.63) is 51.6 Å². The van der Waals surface area contributed by atoms with Crippen LogP contribution in [0.25, 0.3) is 5.43 Å². The summed E-state index contributed by atoms with van der Waals surface area (Å²) < 4.78 is 5.07. The topological polar surface area (TPSA) is 111 Å². The van der Waals surface area contributed by atoms with Gasteiger partial charge >= 0.3 is 0 Å². The molecule has 0 N–H and O–H groups in total. The van der Waals surface area contributed by atoms with Gasteiger partial charge in [-0.3, -0.25) is 10.1 Å². The molecule has 128 valence electrons. The smallest absolute Gasteiger partial charge is 0.269 e. The molecule has 2 heterocycles. The van der Waals surface area contributed by atoms with Gasteiger partial charge in [0.05, 0.1) is 16.3 Å². The highest BCUT2D eigenvalue weighted by Gasteiger charge is 2.43. The molecule has 9 heteroatoms. The molecule has 1 aromatic carbocycles. The second-order valence-electron chi connectivity index (χ2n) is 6.23. The van der Waals surface area contributed by atoms with Crippen molar-refractivity contribution in [3.8, 4) is 0 Å². The minimum atomic E-state index is -0.450. The number of benzene rings is 1. The van der Waals surface area contributed by atoms with Crippen LogP contribution in [0.15, 0.2) is 45.0 Å². The van der Waals surface area contributed by atoms with Crippen molar-refractivity contribution >= 4 is 23.0 Å². The number of aryl methyl sites for hydroxylation is 1. The van der Waals surface area contributed by atoms with Crippen LogP contribution in [-0.2, 0) is 0 Å². The summed E-state index contributed by atoms with van der Waals surface area (Å²) in [4.78, 5) is 16.4. The van der Waals surface area contributed by atoms with Gasteiger partial charge in [-0.25, -0.2) is 10.4 Å². The number of nitro groups is 1. The first-order valence-electron chi connectivity index (χ1n) is 8.07. The number of non-ortho nitro benzene ring substituents is 1. The minimum Gasteiger partial charge on any atom is -0.359 e. The number of amidine groups is 1. The van der Waals surface area contributed by atoms with Gasteiger partial charge in [-0.05, 0) is 19.8 Å². The number of aliphatic imine (C=N–C) groups is 1. The quantitative estimate of drug-likeness (QED) is 0.470. The van der Waals surface area contributed by atoms with E-state index in [1.807, 2.05) is 0 Å². The van der Waals surface area contributed by atoms with E-state index in [0.29, 0.717) is 23.1 Å². The second-order valence-corrected chi connectivity index (χ2v) is 6.23. The second kappa shape index (κ2) is 5.76. The number of rotatable bonds is 3. The van der Waals surface area contributed by atoms with Gasteiger partial charge in [0.15, 0.2) is 5.82 Å². The lowest BCUT2D eigenvalue weighted by Crippen LogP contribution is -2.29. The lowest BCUT2D eigenvalue weighted by atomic mass is 9.98. The van der Waals surface area contributed by atoms with E-state index in [2.05, 4.69) is 15.3 Å². The summed E-state index contributed by atoms with van der Waals surface area (Å²) in [6, 6.07) is 7.91. The van der Waals surface area contributed by atoms with E-state index < -0.39 is 10.5 Å². The van der Waals surface area contributed by atoms with Crippen molar-refractivity contribution < 1.29 is 14.3 Å². The Kier molecular flexibility index (Phi) is 3.56. The fraction of sp³-hybridized carbons (Fsp3) is 0.375. The van der Waals surface area contributed by atoms with Crippen LogP contribution in [0.5, 0.6) is 0 Å². The van der Waals surface area contributed by atoms with Crippen LogP contribution in [-0.4, -0.2) is 26.3 Å². The van der Waals surface area contributed by atoms with E-state index in [4.69, 9.17) is 9.95 Å². The third kappa shape index (κ3) is 2.77. The molecule has 0 unspecified atom stereocenters. The van der Waals surface area contributed by atoms with Crippen molar-refractivity contribution in [1.82, 2.24) is 5.16 Å². The Morgan fingerprint density at radius 2 is 2.04 bits per heavy atom. The molecule has 1 aliphatic heterocycles. The highest BCUT2D eigenvalue weighted by atomic mass is 16.6. The first-order chi connectivity index (χ1) is 12.1. The van der Waals surface area contributed by atoms with Crippen LogP contribution in [0, 0.1) is 17.0 Å². The number of aromatic nitrogens is 1. The van der Waals surface area contributed by atoms with Crippen molar-refractivity contribution in [2.75, 3.05) is 0 Å². The number of azo groups is 1. The molecular weight excluding hydrogens is 324 g/mol. The molecule has 0 bridgehead atoms. The molecule has 1 spiro atoms. The number of nitro benzene ring substituents is 1. The van der Waals surface area contributed by atoms with E-state index >= 15 is 0 Å². The summed E-state index contributed by atoms with van der Waals surface area (Å²) in [6.07, 6.45) is 3.86. The van der Waals surface area contributed by atoms with Gasteiger partial charge in [-0.2, -0.15) is 5.11 Å². The summed E-state index contributed by atoms with van der Waals surface area (Å²) in [5.74, 6) is 1.77. The monoisotopic (exact) mass is 340 g/mol. The molecule has 1 aromatic heterocycles. The average Bonchev–Trinajstić information content (AvgIpc) is 3.31. The Morgan fingerprint density at radius 3 is 2.64 bits per heavy atom. The maximum atomic E-state index is 10.8. The van der Waals surface area contributed by atoms with Gasteiger partial charge in [0.2, 0.25) is 5.69 Å². The van der Waals surface area contributed by atoms with Crippen LogP contribution < -0.4 is 0 Å². The van der Waals surface area contributed by atoms with E-state index in [1.165, 1.54) is 16.9 Å². The Bertz CT molecular complexity index is 878. The highest BCUT2D eigenvalue weighted by molar-refractivity contribution is 5.96. The molecule has 25 heavy (non-hydrogen) atoms. The van der Waals surface area contributed by atoms with Crippen LogP contribution in [0.3, 0.4) is 0 Å². The van der Waals surface area contributed by atoms with Crippen LogP contribution >= 0.6 is 0 Å². The summed E-state index contributed by atoms with van der Waals surface area (Å²) in [6.45, 7) is 1.81. The number of hydrogen-bond donors (Lipinski definition) is 0. The summed E-state index contributed by atoms with van der Waals surface area (Å²) >= 11 is 0. The summed E-state index contributed by atoms with van der Waals surface area (Å²) in [5, 5.41) is 19.2. The molecule has 9 nitrogen and oxygen atoms in total. The molecule has 1 fully saturated rings. The van der Waals surface area contributed by atoms with E-state index in [9.17, 15) is 10.1 Å². The molecule has 0 atom stereocenters. The Hall–Kier alpha value is -3.10. The van der Waals surface area contributed by atoms with E-state index in [0.717, 1.165) is 25.7 Å². The van der Waals surface area contributed by atoms with Gasteiger partial charge in [0, 0.05) is 30.3 Å². The van der Waals surface area contributed by atoms with Gasteiger partial charge in [0.25, 0.3) is 5.69 Å². The minimum absolute atomic E-state index is 0.0329. The number of hydrogen-bond acceptors (Lipinski definition) is 5. The van der Waals surface area contributed by atoms with Gasteiger partial charge in [-0.15, -0.1) is 4.81 Å². The molecule has 2 aromatic rings. The normalized spacial score (nSPS) is 20.0. The van der Waals surface area contributed by atoms with Crippen molar-refractivity contribution in [2.45, 2.75) is 38.1 Å². The highest BCUT2D eigenvalue weighted by Crippen LogP contribution is 2.44. The first kappa shape index (κ1) is 15.4. The Balaban J connectivity index is 1.70. The molecule has 0 saturated heterocycles. The molecule has 0 radical (unpaired) electrons. The average molecular weight is 340 g/mol. The number of nitrogens with zero attached hydrogens (tertiary/aromatic N) is 6. The maximum absolute atomic E-state index is 10.8. The lowest BCUT2D eigenvalue weighted by Gasteiger charge is -2.24.